The molecule has 2 aliphatic heterocycles. The summed E-state index contributed by atoms with van der Waals surface area (Å²) in [5.74, 6) is 0.665. The van der Waals surface area contributed by atoms with Crippen molar-refractivity contribution in [1.29, 1.82) is 0 Å². The van der Waals surface area contributed by atoms with E-state index in [1.54, 1.807) is 12.1 Å². The number of hydrogen-bond donors (Lipinski definition) is 0. The van der Waals surface area contributed by atoms with Crippen molar-refractivity contribution in [2.75, 3.05) is 70.7 Å². The van der Waals surface area contributed by atoms with E-state index >= 15 is 0 Å². The molecular weight excluding hydrogens is 462 g/mol. The number of nitrogens with zero attached hydrogens (tertiary/aromatic N) is 5. The number of ether oxygens (including phenoxy) is 4. The van der Waals surface area contributed by atoms with Gasteiger partial charge in [-0.1, -0.05) is 12.1 Å². The van der Waals surface area contributed by atoms with E-state index in [-0.39, 0.29) is 12.1 Å². The van der Waals surface area contributed by atoms with Gasteiger partial charge in [0, 0.05) is 50.5 Å². The van der Waals surface area contributed by atoms with E-state index in [1.807, 2.05) is 38.1 Å². The van der Waals surface area contributed by atoms with Crippen molar-refractivity contribution >= 4 is 17.5 Å². The molecule has 36 heavy (non-hydrogen) atoms. The standard InChI is InChI=1S/C26H35N5O5/c1-20(2)36-26(32)22-5-3-4-21(16-22)19-27-29-24-17-23(31-9-13-34-14-10-31)18-25(28-24)35-15-8-30-6-11-33-12-7-30/h3-5,16-18,20H,6-15,19H2,1-2H3. The van der Waals surface area contributed by atoms with Crippen molar-refractivity contribution in [3.05, 3.63) is 47.5 Å². The number of pyridine rings is 1. The van der Waals surface area contributed by atoms with E-state index in [2.05, 4.69) is 25.0 Å². The van der Waals surface area contributed by atoms with Gasteiger partial charge in [-0.25, -0.2) is 4.79 Å². The molecule has 1 aromatic heterocycles. The number of hydrogen-bond acceptors (Lipinski definition) is 10. The predicted octanol–water partition coefficient (Wildman–Crippen LogP) is 3.48. The first-order valence-corrected chi connectivity index (χ1v) is 12.5. The van der Waals surface area contributed by atoms with Gasteiger partial charge >= 0.3 is 5.97 Å². The molecule has 0 radical (unpaired) electrons. The molecule has 0 bridgehead atoms. The Morgan fingerprint density at radius 3 is 2.56 bits per heavy atom. The second-order valence-electron chi connectivity index (χ2n) is 8.98. The third kappa shape index (κ3) is 7.97. The van der Waals surface area contributed by atoms with Crippen LogP contribution in [0.25, 0.3) is 0 Å². The third-order valence-electron chi connectivity index (χ3n) is 5.84. The Bertz CT molecular complexity index is 1020. The minimum atomic E-state index is -0.345. The monoisotopic (exact) mass is 497 g/mol. The number of aromatic nitrogens is 1. The molecule has 2 saturated heterocycles. The van der Waals surface area contributed by atoms with E-state index in [1.165, 1.54) is 0 Å². The van der Waals surface area contributed by atoms with Crippen LogP contribution >= 0.6 is 0 Å². The minimum absolute atomic E-state index is 0.170. The van der Waals surface area contributed by atoms with Crippen molar-refractivity contribution in [3.8, 4) is 5.88 Å². The number of anilines is 1. The number of carbonyl (C=O) groups is 1. The number of carbonyl (C=O) groups excluding carboxylic acids is 1. The second-order valence-corrected chi connectivity index (χ2v) is 8.98. The fraction of sp³-hybridized carbons (Fsp3) is 0.538. The van der Waals surface area contributed by atoms with Crippen molar-refractivity contribution in [1.82, 2.24) is 9.88 Å². The van der Waals surface area contributed by atoms with E-state index in [9.17, 15) is 4.79 Å². The van der Waals surface area contributed by atoms with Crippen LogP contribution in [-0.2, 0) is 20.8 Å². The zero-order chi connectivity index (χ0) is 25.2. The molecule has 2 aromatic rings. The Hall–Kier alpha value is -3.08. The van der Waals surface area contributed by atoms with E-state index in [0.29, 0.717) is 43.6 Å². The van der Waals surface area contributed by atoms with Gasteiger partial charge in [0.2, 0.25) is 5.88 Å². The Morgan fingerprint density at radius 2 is 1.81 bits per heavy atom. The quantitative estimate of drug-likeness (QED) is 0.364. The first-order valence-electron chi connectivity index (χ1n) is 12.5. The molecule has 3 heterocycles. The average molecular weight is 498 g/mol. The molecule has 4 rings (SSSR count). The molecule has 2 fully saturated rings. The van der Waals surface area contributed by atoms with Gasteiger partial charge in [0.25, 0.3) is 0 Å². The summed E-state index contributed by atoms with van der Waals surface area (Å²) in [6.45, 7) is 11.6. The van der Waals surface area contributed by atoms with Crippen LogP contribution in [0, 0.1) is 0 Å². The van der Waals surface area contributed by atoms with Gasteiger partial charge < -0.3 is 23.8 Å². The Kier molecular flexibility index (Phi) is 9.60. The van der Waals surface area contributed by atoms with Crippen molar-refractivity contribution in [3.63, 3.8) is 0 Å². The molecule has 10 heteroatoms. The molecule has 0 amide bonds. The summed E-state index contributed by atoms with van der Waals surface area (Å²) in [4.78, 5) is 21.3. The Balaban J connectivity index is 1.42. The highest BCUT2D eigenvalue weighted by Gasteiger charge is 2.15. The van der Waals surface area contributed by atoms with Crippen LogP contribution in [0.1, 0.15) is 29.8 Å². The number of esters is 1. The molecule has 2 aliphatic rings. The lowest BCUT2D eigenvalue weighted by Crippen LogP contribution is -2.38. The molecule has 0 atom stereocenters. The van der Waals surface area contributed by atoms with Crippen LogP contribution in [-0.4, -0.2) is 87.7 Å². The molecule has 0 aliphatic carbocycles. The van der Waals surface area contributed by atoms with Crippen LogP contribution in [0.4, 0.5) is 11.5 Å². The van der Waals surface area contributed by atoms with Gasteiger partial charge in [0.05, 0.1) is 44.6 Å². The fourth-order valence-corrected chi connectivity index (χ4v) is 3.98. The minimum Gasteiger partial charge on any atom is -0.476 e. The predicted molar refractivity (Wildman–Crippen MR) is 135 cm³/mol. The van der Waals surface area contributed by atoms with Gasteiger partial charge in [0.1, 0.15) is 6.61 Å². The van der Waals surface area contributed by atoms with Crippen LogP contribution in [0.3, 0.4) is 0 Å². The lowest BCUT2D eigenvalue weighted by Gasteiger charge is -2.29. The molecular formula is C26H35N5O5. The normalized spacial score (nSPS) is 17.0. The van der Waals surface area contributed by atoms with Crippen LogP contribution in [0.15, 0.2) is 46.6 Å². The summed E-state index contributed by atoms with van der Waals surface area (Å²) in [7, 11) is 0. The average Bonchev–Trinajstić information content (AvgIpc) is 2.89. The maximum atomic E-state index is 12.2. The SMILES string of the molecule is CC(C)OC(=O)c1cccc(CN=Nc2cc(N3CCOCC3)cc(OCCN3CCOCC3)n2)c1. The maximum Gasteiger partial charge on any atom is 0.338 e. The van der Waals surface area contributed by atoms with E-state index in [4.69, 9.17) is 18.9 Å². The molecule has 0 unspecified atom stereocenters. The Morgan fingerprint density at radius 1 is 1.06 bits per heavy atom. The third-order valence-corrected chi connectivity index (χ3v) is 5.84. The summed E-state index contributed by atoms with van der Waals surface area (Å²) in [5.41, 5.74) is 2.35. The number of azo groups is 1. The molecule has 1 aromatic carbocycles. The second kappa shape index (κ2) is 13.3. The maximum absolute atomic E-state index is 12.2. The van der Waals surface area contributed by atoms with Crippen LogP contribution in [0.5, 0.6) is 5.88 Å². The highest BCUT2D eigenvalue weighted by Crippen LogP contribution is 2.26. The number of benzene rings is 1. The van der Waals surface area contributed by atoms with E-state index < -0.39 is 0 Å². The lowest BCUT2D eigenvalue weighted by molar-refractivity contribution is 0.0320. The first-order chi connectivity index (χ1) is 17.6. The number of morpholine rings is 2. The first kappa shape index (κ1) is 26.0. The van der Waals surface area contributed by atoms with Gasteiger partial charge in [-0.15, -0.1) is 5.11 Å². The molecule has 0 N–H and O–H groups in total. The summed E-state index contributed by atoms with van der Waals surface area (Å²) >= 11 is 0. The summed E-state index contributed by atoms with van der Waals surface area (Å²) in [5, 5.41) is 8.72. The lowest BCUT2D eigenvalue weighted by atomic mass is 10.1. The topological polar surface area (TPSA) is 98.1 Å². The summed E-state index contributed by atoms with van der Waals surface area (Å²) in [6, 6.07) is 11.1. The molecule has 0 saturated carbocycles. The van der Waals surface area contributed by atoms with Crippen LogP contribution in [0.2, 0.25) is 0 Å². The van der Waals surface area contributed by atoms with Crippen molar-refractivity contribution < 1.29 is 23.7 Å². The summed E-state index contributed by atoms with van der Waals surface area (Å²) in [6.07, 6.45) is -0.170. The fourth-order valence-electron chi connectivity index (χ4n) is 3.98. The zero-order valence-corrected chi connectivity index (χ0v) is 21.1. The van der Waals surface area contributed by atoms with Gasteiger partial charge in [-0.3, -0.25) is 4.90 Å². The molecule has 194 valence electrons. The smallest absolute Gasteiger partial charge is 0.338 e. The summed E-state index contributed by atoms with van der Waals surface area (Å²) < 4.78 is 22.2. The highest BCUT2D eigenvalue weighted by molar-refractivity contribution is 5.89. The van der Waals surface area contributed by atoms with Gasteiger partial charge in [-0.2, -0.15) is 10.1 Å². The number of rotatable bonds is 10. The molecule has 0 spiro atoms. The van der Waals surface area contributed by atoms with Crippen molar-refractivity contribution in [2.45, 2.75) is 26.5 Å². The van der Waals surface area contributed by atoms with Gasteiger partial charge in [-0.05, 0) is 31.5 Å². The largest absolute Gasteiger partial charge is 0.476 e. The zero-order valence-electron chi connectivity index (χ0n) is 21.1. The van der Waals surface area contributed by atoms with E-state index in [0.717, 1.165) is 57.2 Å². The van der Waals surface area contributed by atoms with Crippen LogP contribution < -0.4 is 9.64 Å². The molecule has 10 nitrogen and oxygen atoms in total. The Labute approximate surface area is 212 Å². The van der Waals surface area contributed by atoms with Gasteiger partial charge in [0.15, 0.2) is 5.82 Å². The highest BCUT2D eigenvalue weighted by atomic mass is 16.5. The van der Waals surface area contributed by atoms with Crippen molar-refractivity contribution in [2.24, 2.45) is 10.2 Å².